The maximum atomic E-state index is 12.5. The average molecular weight is 383 g/mol. The van der Waals surface area contributed by atoms with Crippen molar-refractivity contribution < 1.29 is 9.90 Å². The lowest BCUT2D eigenvalue weighted by atomic mass is 10.1. The van der Waals surface area contributed by atoms with Crippen LogP contribution in [0, 0.1) is 0 Å². The Morgan fingerprint density at radius 1 is 1.15 bits per heavy atom. The van der Waals surface area contributed by atoms with Crippen LogP contribution < -0.4 is 11.0 Å². The summed E-state index contributed by atoms with van der Waals surface area (Å²) in [5.74, 6) is 0. The van der Waals surface area contributed by atoms with Crippen LogP contribution in [0.3, 0.4) is 0 Å². The number of nitrogens with one attached hydrogen (secondary N) is 2. The van der Waals surface area contributed by atoms with Crippen LogP contribution in [0.5, 0.6) is 0 Å². The van der Waals surface area contributed by atoms with Gasteiger partial charge in [0.15, 0.2) is 5.15 Å². The number of amides is 1. The number of H-pyrrole nitrogens is 1. The van der Waals surface area contributed by atoms with E-state index in [0.717, 1.165) is 22.0 Å². The summed E-state index contributed by atoms with van der Waals surface area (Å²) in [7, 11) is 0. The molecular formula is C19H15ClN4O3. The fraction of sp³-hybridized carbons (Fsp3) is 0.105. The molecule has 0 spiro atoms. The molecule has 8 heteroatoms. The number of carbonyl (C=O) groups is 1. The van der Waals surface area contributed by atoms with Crippen LogP contribution in [0.15, 0.2) is 53.3 Å². The monoisotopic (exact) mass is 382 g/mol. The van der Waals surface area contributed by atoms with Gasteiger partial charge in [-0.15, -0.1) is 0 Å². The highest BCUT2D eigenvalue weighted by Gasteiger charge is 2.15. The third-order valence-electron chi connectivity index (χ3n) is 4.38. The smallest absolute Gasteiger partial charge is 0.404 e. The minimum Gasteiger partial charge on any atom is -0.465 e. The molecule has 2 heterocycles. The van der Waals surface area contributed by atoms with Crippen LogP contribution in [0.4, 0.5) is 4.79 Å². The number of pyridine rings is 1. The quantitative estimate of drug-likeness (QED) is 0.471. The first-order chi connectivity index (χ1) is 13.0. The Hall–Kier alpha value is -3.32. The van der Waals surface area contributed by atoms with E-state index in [9.17, 15) is 9.59 Å². The van der Waals surface area contributed by atoms with Crippen molar-refractivity contribution in [2.75, 3.05) is 0 Å². The van der Waals surface area contributed by atoms with Gasteiger partial charge < -0.3 is 15.4 Å². The second kappa shape index (κ2) is 6.77. The molecule has 136 valence electrons. The second-order valence-corrected chi connectivity index (χ2v) is 6.49. The van der Waals surface area contributed by atoms with Crippen LogP contribution in [-0.2, 0) is 13.1 Å². The number of hydrogen-bond donors (Lipinski definition) is 3. The number of benzene rings is 2. The maximum Gasteiger partial charge on any atom is 0.404 e. The molecule has 4 aromatic rings. The van der Waals surface area contributed by atoms with Crippen LogP contribution in [0.2, 0.25) is 5.15 Å². The molecule has 0 aliphatic heterocycles. The van der Waals surface area contributed by atoms with Gasteiger partial charge in [0, 0.05) is 11.9 Å². The van der Waals surface area contributed by atoms with E-state index in [1.54, 1.807) is 4.57 Å². The molecule has 1 amide bonds. The van der Waals surface area contributed by atoms with Crippen LogP contribution in [-0.4, -0.2) is 25.7 Å². The molecule has 0 fully saturated rings. The number of rotatable bonds is 4. The predicted molar refractivity (Wildman–Crippen MR) is 103 cm³/mol. The van der Waals surface area contributed by atoms with E-state index >= 15 is 0 Å². The average Bonchev–Trinajstić information content (AvgIpc) is 2.98. The molecule has 0 atom stereocenters. The summed E-state index contributed by atoms with van der Waals surface area (Å²) in [6.45, 7) is 0.588. The molecule has 0 radical (unpaired) electrons. The molecule has 3 N–H and O–H groups in total. The highest BCUT2D eigenvalue weighted by atomic mass is 35.5. The Morgan fingerprint density at radius 3 is 2.59 bits per heavy atom. The van der Waals surface area contributed by atoms with Gasteiger partial charge in [-0.1, -0.05) is 54.1 Å². The fourth-order valence-electron chi connectivity index (χ4n) is 3.11. The predicted octanol–water partition coefficient (Wildman–Crippen LogP) is 3.35. The van der Waals surface area contributed by atoms with Crippen LogP contribution >= 0.6 is 11.6 Å². The van der Waals surface area contributed by atoms with E-state index < -0.39 is 6.09 Å². The number of aromatic amines is 1. The van der Waals surface area contributed by atoms with Crippen LogP contribution in [0.1, 0.15) is 11.1 Å². The van der Waals surface area contributed by atoms with Crippen molar-refractivity contribution >= 4 is 39.6 Å². The molecular weight excluding hydrogens is 368 g/mol. The van der Waals surface area contributed by atoms with Crippen molar-refractivity contribution in [1.82, 2.24) is 19.9 Å². The van der Waals surface area contributed by atoms with E-state index in [1.165, 1.54) is 0 Å². The number of carboxylic acid groups (broad SMARTS) is 1. The summed E-state index contributed by atoms with van der Waals surface area (Å²) in [6.07, 6.45) is -1.07. The van der Waals surface area contributed by atoms with Crippen molar-refractivity contribution in [3.63, 3.8) is 0 Å². The topological polar surface area (TPSA) is 100 Å². The third-order valence-corrected chi connectivity index (χ3v) is 4.65. The van der Waals surface area contributed by atoms with Crippen molar-refractivity contribution in [3.8, 4) is 0 Å². The van der Waals surface area contributed by atoms with E-state index in [2.05, 4.69) is 15.3 Å². The zero-order chi connectivity index (χ0) is 19.0. The van der Waals surface area contributed by atoms with E-state index in [4.69, 9.17) is 16.7 Å². The lowest BCUT2D eigenvalue weighted by Crippen LogP contribution is -2.20. The lowest BCUT2D eigenvalue weighted by molar-refractivity contribution is 0.194. The summed E-state index contributed by atoms with van der Waals surface area (Å²) < 4.78 is 1.63. The van der Waals surface area contributed by atoms with E-state index in [0.29, 0.717) is 17.6 Å². The molecule has 27 heavy (non-hydrogen) atoms. The number of halogens is 1. The van der Waals surface area contributed by atoms with Gasteiger partial charge in [-0.3, -0.25) is 4.57 Å². The maximum absolute atomic E-state index is 12.5. The van der Waals surface area contributed by atoms with E-state index in [-0.39, 0.29) is 17.4 Å². The first kappa shape index (κ1) is 17.1. The molecule has 0 bridgehead atoms. The summed E-state index contributed by atoms with van der Waals surface area (Å²) in [6, 6.07) is 14.9. The molecule has 4 rings (SSSR count). The SMILES string of the molecule is O=C(O)NCc1ccc(Cn2c(=O)[nH]c3c(Cl)nc4ccccc4c32)cc1. The molecule has 7 nitrogen and oxygen atoms in total. The first-order valence-electron chi connectivity index (χ1n) is 8.24. The molecule has 2 aromatic carbocycles. The van der Waals surface area contributed by atoms with Gasteiger partial charge in [-0.2, -0.15) is 0 Å². The summed E-state index contributed by atoms with van der Waals surface area (Å²) in [5, 5.41) is 12.1. The van der Waals surface area contributed by atoms with Gasteiger partial charge in [-0.25, -0.2) is 14.6 Å². The third kappa shape index (κ3) is 3.24. The Labute approximate surface area is 158 Å². The molecule has 0 aliphatic carbocycles. The number of imidazole rings is 1. The summed E-state index contributed by atoms with van der Waals surface area (Å²) in [4.78, 5) is 30.2. The lowest BCUT2D eigenvalue weighted by Gasteiger charge is -2.08. The van der Waals surface area contributed by atoms with Crippen molar-refractivity contribution in [1.29, 1.82) is 0 Å². The van der Waals surface area contributed by atoms with Gasteiger partial charge in [0.2, 0.25) is 0 Å². The van der Waals surface area contributed by atoms with Crippen LogP contribution in [0.25, 0.3) is 21.9 Å². The normalized spacial score (nSPS) is 11.1. The van der Waals surface area contributed by atoms with Gasteiger partial charge in [-0.05, 0) is 17.2 Å². The Balaban J connectivity index is 1.75. The van der Waals surface area contributed by atoms with Gasteiger partial charge in [0.25, 0.3) is 0 Å². The molecule has 0 unspecified atom stereocenters. The zero-order valence-corrected chi connectivity index (χ0v) is 14.8. The largest absolute Gasteiger partial charge is 0.465 e. The fourth-order valence-corrected chi connectivity index (χ4v) is 3.33. The number of para-hydroxylation sites is 1. The van der Waals surface area contributed by atoms with E-state index in [1.807, 2.05) is 48.5 Å². The number of fused-ring (bicyclic) bond motifs is 3. The first-order valence-corrected chi connectivity index (χ1v) is 8.62. The number of hydrogen-bond acceptors (Lipinski definition) is 3. The molecule has 0 saturated heterocycles. The minimum atomic E-state index is -1.07. The van der Waals surface area contributed by atoms with Gasteiger partial charge in [0.05, 0.1) is 17.6 Å². The summed E-state index contributed by atoms with van der Waals surface area (Å²) in [5.41, 5.74) is 3.44. The minimum absolute atomic E-state index is 0.231. The van der Waals surface area contributed by atoms with Gasteiger partial charge in [0.1, 0.15) is 5.52 Å². The standard InChI is InChI=1S/C19H15ClN4O3/c20-17-15-16(13-3-1-2-4-14(13)22-17)24(18(25)23-15)10-12-7-5-11(6-8-12)9-21-19(26)27/h1-8,21H,9-10H2,(H,23,25)(H,26,27). The van der Waals surface area contributed by atoms with Crippen molar-refractivity contribution in [3.05, 3.63) is 75.3 Å². The molecule has 0 saturated carbocycles. The second-order valence-electron chi connectivity index (χ2n) is 6.13. The zero-order valence-electron chi connectivity index (χ0n) is 14.1. The number of aromatic nitrogens is 3. The Bertz CT molecular complexity index is 1210. The van der Waals surface area contributed by atoms with Crippen molar-refractivity contribution in [2.24, 2.45) is 0 Å². The Morgan fingerprint density at radius 2 is 1.85 bits per heavy atom. The van der Waals surface area contributed by atoms with Gasteiger partial charge >= 0.3 is 11.8 Å². The molecule has 0 aliphatic rings. The highest BCUT2D eigenvalue weighted by molar-refractivity contribution is 6.35. The molecule has 2 aromatic heterocycles. The highest BCUT2D eigenvalue weighted by Crippen LogP contribution is 2.27. The number of nitrogens with zero attached hydrogens (tertiary/aromatic N) is 2. The summed E-state index contributed by atoms with van der Waals surface area (Å²) >= 11 is 6.26. The van der Waals surface area contributed by atoms with Crippen molar-refractivity contribution in [2.45, 2.75) is 13.1 Å². The Kier molecular flexibility index (Phi) is 4.29.